The van der Waals surface area contributed by atoms with Crippen molar-refractivity contribution in [2.24, 2.45) is 5.41 Å². The minimum Gasteiger partial charge on any atom is -0.380 e. The predicted molar refractivity (Wildman–Crippen MR) is 56.0 cm³/mol. The largest absolute Gasteiger partial charge is 0.380 e. The molecule has 0 aromatic heterocycles. The van der Waals surface area contributed by atoms with Gasteiger partial charge in [-0.25, -0.2) is 0 Å². The van der Waals surface area contributed by atoms with E-state index in [1.807, 2.05) is 20.8 Å². The van der Waals surface area contributed by atoms with Crippen LogP contribution in [0.15, 0.2) is 11.1 Å². The SMILES string of the molecule is CC(C)=C(C)C(=O)NCC1(C)COC1. The normalized spacial score (nSPS) is 18.3. The fourth-order valence-corrected chi connectivity index (χ4v) is 1.21. The molecule has 1 saturated heterocycles. The zero-order valence-corrected chi connectivity index (χ0v) is 9.44. The maximum absolute atomic E-state index is 11.6. The highest BCUT2D eigenvalue weighted by atomic mass is 16.5. The van der Waals surface area contributed by atoms with Crippen LogP contribution < -0.4 is 5.32 Å². The molecule has 0 atom stereocenters. The highest BCUT2D eigenvalue weighted by molar-refractivity contribution is 5.93. The first-order valence-corrected chi connectivity index (χ1v) is 4.95. The summed E-state index contributed by atoms with van der Waals surface area (Å²) in [6.45, 7) is 10.1. The van der Waals surface area contributed by atoms with Gasteiger partial charge in [-0.05, 0) is 20.8 Å². The Bertz CT molecular complexity index is 260. The fourth-order valence-electron chi connectivity index (χ4n) is 1.21. The summed E-state index contributed by atoms with van der Waals surface area (Å²) in [7, 11) is 0. The van der Waals surface area contributed by atoms with E-state index in [-0.39, 0.29) is 11.3 Å². The quantitative estimate of drug-likeness (QED) is 0.696. The molecule has 14 heavy (non-hydrogen) atoms. The number of allylic oxidation sites excluding steroid dienone is 1. The van der Waals surface area contributed by atoms with Gasteiger partial charge >= 0.3 is 0 Å². The average molecular weight is 197 g/mol. The first kappa shape index (κ1) is 11.2. The molecule has 0 unspecified atom stereocenters. The summed E-state index contributed by atoms with van der Waals surface area (Å²) in [5.74, 6) is 0.0399. The zero-order chi connectivity index (χ0) is 10.8. The molecule has 1 aliphatic rings. The predicted octanol–water partition coefficient (Wildman–Crippen LogP) is 1.50. The Morgan fingerprint density at radius 2 is 1.93 bits per heavy atom. The number of hydrogen-bond acceptors (Lipinski definition) is 2. The Morgan fingerprint density at radius 3 is 2.29 bits per heavy atom. The minimum atomic E-state index is 0.0399. The maximum atomic E-state index is 11.6. The maximum Gasteiger partial charge on any atom is 0.246 e. The van der Waals surface area contributed by atoms with Crippen LogP contribution in [0.2, 0.25) is 0 Å². The van der Waals surface area contributed by atoms with Gasteiger partial charge in [-0.3, -0.25) is 4.79 Å². The molecule has 1 N–H and O–H groups in total. The van der Waals surface area contributed by atoms with Gasteiger partial charge in [0.2, 0.25) is 5.91 Å². The van der Waals surface area contributed by atoms with Gasteiger partial charge < -0.3 is 10.1 Å². The number of ether oxygens (including phenoxy) is 1. The molecule has 0 aromatic carbocycles. The van der Waals surface area contributed by atoms with Gasteiger partial charge in [0.15, 0.2) is 0 Å². The molecule has 1 amide bonds. The lowest BCUT2D eigenvalue weighted by Crippen LogP contribution is -2.48. The second kappa shape index (κ2) is 4.13. The van der Waals surface area contributed by atoms with Crippen LogP contribution in [0.4, 0.5) is 0 Å². The Kier molecular flexibility index (Phi) is 3.32. The molecule has 1 fully saturated rings. The summed E-state index contributed by atoms with van der Waals surface area (Å²) in [5, 5.41) is 2.93. The van der Waals surface area contributed by atoms with Crippen molar-refractivity contribution in [2.45, 2.75) is 27.7 Å². The van der Waals surface area contributed by atoms with Crippen LogP contribution in [-0.2, 0) is 9.53 Å². The van der Waals surface area contributed by atoms with Gasteiger partial charge in [0.1, 0.15) is 0 Å². The molecule has 0 saturated carbocycles. The minimum absolute atomic E-state index is 0.0399. The van der Waals surface area contributed by atoms with Crippen molar-refractivity contribution in [1.29, 1.82) is 0 Å². The summed E-state index contributed by atoms with van der Waals surface area (Å²) in [6, 6.07) is 0. The van der Waals surface area contributed by atoms with E-state index < -0.39 is 0 Å². The topological polar surface area (TPSA) is 38.3 Å². The number of rotatable bonds is 3. The number of amides is 1. The van der Waals surface area contributed by atoms with Gasteiger partial charge in [-0.2, -0.15) is 0 Å². The lowest BCUT2D eigenvalue weighted by atomic mass is 9.88. The van der Waals surface area contributed by atoms with Crippen molar-refractivity contribution < 1.29 is 9.53 Å². The molecule has 3 nitrogen and oxygen atoms in total. The summed E-state index contributed by atoms with van der Waals surface area (Å²) in [4.78, 5) is 11.6. The third-order valence-electron chi connectivity index (χ3n) is 2.67. The first-order chi connectivity index (χ1) is 6.44. The van der Waals surface area contributed by atoms with E-state index in [1.165, 1.54) is 0 Å². The van der Waals surface area contributed by atoms with E-state index in [1.54, 1.807) is 0 Å². The molecule has 3 heteroatoms. The molecule has 1 aliphatic heterocycles. The number of nitrogens with one attached hydrogen (secondary N) is 1. The highest BCUT2D eigenvalue weighted by Crippen LogP contribution is 2.25. The molecule has 0 radical (unpaired) electrons. The lowest BCUT2D eigenvalue weighted by molar-refractivity contribution is -0.123. The van der Waals surface area contributed by atoms with Gasteiger partial charge in [-0.15, -0.1) is 0 Å². The molecule has 0 aromatic rings. The second-order valence-corrected chi connectivity index (χ2v) is 4.61. The van der Waals surface area contributed by atoms with Crippen LogP contribution in [0.25, 0.3) is 0 Å². The third kappa shape index (κ3) is 2.58. The smallest absolute Gasteiger partial charge is 0.246 e. The Labute approximate surface area is 85.5 Å². The van der Waals surface area contributed by atoms with Crippen molar-refractivity contribution in [3.05, 3.63) is 11.1 Å². The molecule has 0 aliphatic carbocycles. The second-order valence-electron chi connectivity index (χ2n) is 4.61. The Hall–Kier alpha value is -0.830. The van der Waals surface area contributed by atoms with Crippen LogP contribution in [-0.4, -0.2) is 25.7 Å². The van der Waals surface area contributed by atoms with Crippen LogP contribution in [0.5, 0.6) is 0 Å². The zero-order valence-electron chi connectivity index (χ0n) is 9.44. The van der Waals surface area contributed by atoms with Gasteiger partial charge in [0, 0.05) is 17.5 Å². The summed E-state index contributed by atoms with van der Waals surface area (Å²) >= 11 is 0. The first-order valence-electron chi connectivity index (χ1n) is 4.95. The average Bonchev–Trinajstić information content (AvgIpc) is 2.09. The summed E-state index contributed by atoms with van der Waals surface area (Å²) in [6.07, 6.45) is 0. The van der Waals surface area contributed by atoms with E-state index >= 15 is 0 Å². The van der Waals surface area contributed by atoms with Gasteiger partial charge in [-0.1, -0.05) is 12.5 Å². The number of carbonyl (C=O) groups excluding carboxylic acids is 1. The Morgan fingerprint density at radius 1 is 1.36 bits per heavy atom. The number of hydrogen-bond donors (Lipinski definition) is 1. The van der Waals surface area contributed by atoms with Crippen LogP contribution in [0.1, 0.15) is 27.7 Å². The van der Waals surface area contributed by atoms with E-state index in [9.17, 15) is 4.79 Å². The molecular weight excluding hydrogens is 178 g/mol. The van der Waals surface area contributed by atoms with Crippen LogP contribution >= 0.6 is 0 Å². The van der Waals surface area contributed by atoms with E-state index in [2.05, 4.69) is 12.2 Å². The van der Waals surface area contributed by atoms with Crippen LogP contribution in [0.3, 0.4) is 0 Å². The van der Waals surface area contributed by atoms with Crippen molar-refractivity contribution in [1.82, 2.24) is 5.32 Å². The van der Waals surface area contributed by atoms with Crippen molar-refractivity contribution in [3.8, 4) is 0 Å². The summed E-state index contributed by atoms with van der Waals surface area (Å²) in [5.41, 5.74) is 2.03. The lowest BCUT2D eigenvalue weighted by Gasteiger charge is -2.38. The number of carbonyl (C=O) groups is 1. The highest BCUT2D eigenvalue weighted by Gasteiger charge is 2.33. The van der Waals surface area contributed by atoms with E-state index in [4.69, 9.17) is 4.74 Å². The molecule has 1 rings (SSSR count). The molecule has 1 heterocycles. The van der Waals surface area contributed by atoms with Gasteiger partial charge in [0.25, 0.3) is 0 Å². The van der Waals surface area contributed by atoms with Crippen molar-refractivity contribution >= 4 is 5.91 Å². The third-order valence-corrected chi connectivity index (χ3v) is 2.67. The molecule has 0 bridgehead atoms. The monoisotopic (exact) mass is 197 g/mol. The van der Waals surface area contributed by atoms with Crippen molar-refractivity contribution in [3.63, 3.8) is 0 Å². The van der Waals surface area contributed by atoms with Crippen molar-refractivity contribution in [2.75, 3.05) is 19.8 Å². The van der Waals surface area contributed by atoms with E-state index in [0.29, 0.717) is 6.54 Å². The molecule has 0 spiro atoms. The fraction of sp³-hybridized carbons (Fsp3) is 0.727. The standard InChI is InChI=1S/C11H19NO2/c1-8(2)9(3)10(13)12-5-11(4)6-14-7-11/h5-7H2,1-4H3,(H,12,13). The molecular formula is C11H19NO2. The Balaban J connectivity index is 2.39. The van der Waals surface area contributed by atoms with E-state index in [0.717, 1.165) is 24.4 Å². The molecule has 80 valence electrons. The summed E-state index contributed by atoms with van der Waals surface area (Å²) < 4.78 is 5.11. The van der Waals surface area contributed by atoms with Gasteiger partial charge in [0.05, 0.1) is 13.2 Å². The van der Waals surface area contributed by atoms with Crippen LogP contribution in [0, 0.1) is 5.41 Å².